The molecule has 0 bridgehead atoms. The SMILES string of the molecule is C[C@H](Oc1nc(Nc2ccc([S@](=N)(=O)C3CC3)cc2)ncc1C(F)(F)F)[C@@H](C)O. The molecule has 1 aliphatic carbocycles. The smallest absolute Gasteiger partial charge is 0.423 e. The number of rotatable bonds is 7. The van der Waals surface area contributed by atoms with E-state index in [1.54, 1.807) is 24.3 Å². The van der Waals surface area contributed by atoms with E-state index in [1.165, 1.54) is 13.8 Å². The van der Waals surface area contributed by atoms with Gasteiger partial charge in [-0.25, -0.2) is 14.0 Å². The van der Waals surface area contributed by atoms with E-state index >= 15 is 0 Å². The maximum atomic E-state index is 13.2. The summed E-state index contributed by atoms with van der Waals surface area (Å²) in [5.41, 5.74) is -0.696. The van der Waals surface area contributed by atoms with E-state index in [4.69, 9.17) is 9.52 Å². The lowest BCUT2D eigenvalue weighted by Gasteiger charge is -2.20. The molecule has 1 aromatic carbocycles. The highest BCUT2D eigenvalue weighted by atomic mass is 32.2. The van der Waals surface area contributed by atoms with Gasteiger partial charge in [-0.05, 0) is 51.0 Å². The fourth-order valence-corrected chi connectivity index (χ4v) is 4.17. The van der Waals surface area contributed by atoms with Crippen molar-refractivity contribution in [1.82, 2.24) is 9.97 Å². The highest BCUT2D eigenvalue weighted by Gasteiger charge is 2.37. The standard InChI is InChI=1S/C18H21F3N4O3S/c1-10(26)11(2)28-16-15(18(19,20)21)9-23-17(25-16)24-12-3-5-13(6-4-12)29(22,27)14-7-8-14/h3-6,9-11,14,22,26H,7-8H2,1-2H3,(H,23,24,25)/t10-,11+,29+/m1/s1. The van der Waals surface area contributed by atoms with Gasteiger partial charge in [0.1, 0.15) is 11.7 Å². The van der Waals surface area contributed by atoms with E-state index in [-0.39, 0.29) is 11.2 Å². The van der Waals surface area contributed by atoms with Crippen molar-refractivity contribution in [2.45, 2.75) is 55.2 Å². The van der Waals surface area contributed by atoms with Gasteiger partial charge in [0.25, 0.3) is 0 Å². The molecular weight excluding hydrogens is 409 g/mol. The molecule has 3 atom stereocenters. The quantitative estimate of drug-likeness (QED) is 0.614. The zero-order valence-electron chi connectivity index (χ0n) is 15.7. The largest absolute Gasteiger partial charge is 0.471 e. The van der Waals surface area contributed by atoms with Gasteiger partial charge in [-0.1, -0.05) is 0 Å². The number of nitrogens with one attached hydrogen (secondary N) is 2. The Kier molecular flexibility index (Phi) is 5.72. The third-order valence-corrected chi connectivity index (χ3v) is 6.87. The molecule has 29 heavy (non-hydrogen) atoms. The van der Waals surface area contributed by atoms with Crippen LogP contribution in [-0.4, -0.2) is 36.7 Å². The molecule has 3 rings (SSSR count). The van der Waals surface area contributed by atoms with Crippen LogP contribution >= 0.6 is 0 Å². The first-order valence-corrected chi connectivity index (χ1v) is 10.5. The van der Waals surface area contributed by atoms with Gasteiger partial charge in [-0.3, -0.25) is 0 Å². The van der Waals surface area contributed by atoms with Crippen molar-refractivity contribution < 1.29 is 27.2 Å². The fraction of sp³-hybridized carbons (Fsp3) is 0.444. The van der Waals surface area contributed by atoms with Crippen LogP contribution in [0, 0.1) is 4.78 Å². The van der Waals surface area contributed by atoms with E-state index in [0.29, 0.717) is 16.8 Å². The van der Waals surface area contributed by atoms with E-state index in [2.05, 4.69) is 15.3 Å². The van der Waals surface area contributed by atoms with Gasteiger partial charge in [0.15, 0.2) is 0 Å². The minimum Gasteiger partial charge on any atom is -0.471 e. The molecule has 0 amide bonds. The van der Waals surface area contributed by atoms with Crippen molar-refractivity contribution in [3.63, 3.8) is 0 Å². The van der Waals surface area contributed by atoms with E-state index < -0.39 is 39.6 Å². The number of ether oxygens (including phenoxy) is 1. The molecule has 0 radical (unpaired) electrons. The molecule has 1 aliphatic rings. The summed E-state index contributed by atoms with van der Waals surface area (Å²) in [6, 6.07) is 6.22. The Bertz CT molecular complexity index is 975. The van der Waals surface area contributed by atoms with Crippen LogP contribution in [0.3, 0.4) is 0 Å². The predicted octanol–water partition coefficient (Wildman–Crippen LogP) is 3.96. The number of hydrogen-bond acceptors (Lipinski definition) is 7. The highest BCUT2D eigenvalue weighted by Crippen LogP contribution is 2.36. The summed E-state index contributed by atoms with van der Waals surface area (Å²) in [4.78, 5) is 7.89. The van der Waals surface area contributed by atoms with Gasteiger partial charge < -0.3 is 15.2 Å². The highest BCUT2D eigenvalue weighted by molar-refractivity contribution is 7.93. The number of aliphatic hydroxyl groups excluding tert-OH is 1. The Morgan fingerprint density at radius 3 is 2.41 bits per heavy atom. The summed E-state index contributed by atoms with van der Waals surface area (Å²) in [6.07, 6.45) is -4.47. The number of hydrogen-bond donors (Lipinski definition) is 3. The first kappa shape index (κ1) is 21.3. The fourth-order valence-electron chi connectivity index (χ4n) is 2.45. The first-order valence-electron chi connectivity index (χ1n) is 8.92. The summed E-state index contributed by atoms with van der Waals surface area (Å²) < 4.78 is 65.2. The molecule has 1 aromatic heterocycles. The molecule has 0 unspecified atom stereocenters. The minimum absolute atomic E-state index is 0.116. The summed E-state index contributed by atoms with van der Waals surface area (Å²) in [7, 11) is -2.83. The molecule has 0 saturated heterocycles. The van der Waals surface area contributed by atoms with Crippen LogP contribution in [0.1, 0.15) is 32.3 Å². The van der Waals surface area contributed by atoms with E-state index in [1.807, 2.05) is 0 Å². The lowest BCUT2D eigenvalue weighted by molar-refractivity contribution is -0.140. The Morgan fingerprint density at radius 1 is 1.28 bits per heavy atom. The maximum Gasteiger partial charge on any atom is 0.423 e. The topological polar surface area (TPSA) is 108 Å². The van der Waals surface area contributed by atoms with Crippen LogP contribution in [0.5, 0.6) is 5.88 Å². The number of alkyl halides is 3. The minimum atomic E-state index is -4.72. The molecule has 1 fully saturated rings. The van der Waals surface area contributed by atoms with E-state index in [9.17, 15) is 22.5 Å². The Morgan fingerprint density at radius 2 is 1.90 bits per heavy atom. The molecule has 158 valence electrons. The predicted molar refractivity (Wildman–Crippen MR) is 101 cm³/mol. The van der Waals surface area contributed by atoms with Gasteiger partial charge in [-0.15, -0.1) is 0 Å². The Balaban J connectivity index is 1.83. The van der Waals surface area contributed by atoms with Crippen molar-refractivity contribution in [3.05, 3.63) is 36.0 Å². The molecule has 0 aliphatic heterocycles. The molecule has 11 heteroatoms. The van der Waals surface area contributed by atoms with Crippen LogP contribution < -0.4 is 10.1 Å². The molecule has 1 saturated carbocycles. The second-order valence-electron chi connectivity index (χ2n) is 6.92. The maximum absolute atomic E-state index is 13.2. The average molecular weight is 430 g/mol. The number of aromatic nitrogens is 2. The number of nitrogens with zero attached hydrogens (tertiary/aromatic N) is 2. The van der Waals surface area contributed by atoms with Crippen LogP contribution in [0.15, 0.2) is 35.4 Å². The zero-order chi connectivity index (χ0) is 21.4. The van der Waals surface area contributed by atoms with Crippen molar-refractivity contribution in [3.8, 4) is 5.88 Å². The third-order valence-electron chi connectivity index (χ3n) is 4.49. The van der Waals surface area contributed by atoms with Crippen LogP contribution in [0.25, 0.3) is 0 Å². The number of halogens is 3. The molecule has 3 N–H and O–H groups in total. The summed E-state index contributed by atoms with van der Waals surface area (Å²) >= 11 is 0. The Hall–Kier alpha value is -2.40. The number of benzene rings is 1. The summed E-state index contributed by atoms with van der Waals surface area (Å²) in [5, 5.41) is 12.2. The van der Waals surface area contributed by atoms with Crippen molar-refractivity contribution in [1.29, 1.82) is 4.78 Å². The number of aliphatic hydroxyl groups is 1. The lowest BCUT2D eigenvalue weighted by Crippen LogP contribution is -2.27. The molecule has 0 spiro atoms. The Labute approximate surface area is 166 Å². The van der Waals surface area contributed by atoms with Crippen LogP contribution in [0.4, 0.5) is 24.8 Å². The molecule has 2 aromatic rings. The van der Waals surface area contributed by atoms with Gasteiger partial charge in [-0.2, -0.15) is 18.2 Å². The second-order valence-corrected chi connectivity index (χ2v) is 9.26. The van der Waals surface area contributed by atoms with Crippen molar-refractivity contribution in [2.24, 2.45) is 0 Å². The van der Waals surface area contributed by atoms with Gasteiger partial charge in [0.05, 0.1) is 15.8 Å². The van der Waals surface area contributed by atoms with E-state index in [0.717, 1.165) is 12.8 Å². The third kappa shape index (κ3) is 4.96. The van der Waals surface area contributed by atoms with Gasteiger partial charge in [0, 0.05) is 22.0 Å². The van der Waals surface area contributed by atoms with Gasteiger partial charge >= 0.3 is 6.18 Å². The summed E-state index contributed by atoms with van der Waals surface area (Å²) in [5.74, 6) is -0.824. The molecular formula is C18H21F3N4O3S. The zero-order valence-corrected chi connectivity index (χ0v) is 16.5. The average Bonchev–Trinajstić information content (AvgIpc) is 3.47. The first-order chi connectivity index (χ1) is 13.5. The lowest BCUT2D eigenvalue weighted by atomic mass is 10.2. The second kappa shape index (κ2) is 7.79. The number of anilines is 2. The van der Waals surface area contributed by atoms with Crippen LogP contribution in [-0.2, 0) is 15.9 Å². The van der Waals surface area contributed by atoms with Gasteiger partial charge in [0.2, 0.25) is 11.8 Å². The normalized spacial score (nSPS) is 18.6. The van der Waals surface area contributed by atoms with Crippen molar-refractivity contribution in [2.75, 3.05) is 5.32 Å². The molecule has 1 heterocycles. The molecule has 7 nitrogen and oxygen atoms in total. The monoisotopic (exact) mass is 430 g/mol. The van der Waals surface area contributed by atoms with Crippen LogP contribution in [0.2, 0.25) is 0 Å². The van der Waals surface area contributed by atoms with Crippen molar-refractivity contribution >= 4 is 21.4 Å². The summed E-state index contributed by atoms with van der Waals surface area (Å²) in [6.45, 7) is 2.82.